The number of hydrogen-bond acceptors (Lipinski definition) is 9. The minimum Gasteiger partial charge on any atom is -0.462 e. The van der Waals surface area contributed by atoms with Crippen LogP contribution in [0.25, 0.3) is 10.8 Å². The molecule has 2 fully saturated rings. The molecule has 10 heteroatoms. The molecule has 2 saturated heterocycles. The average Bonchev–Trinajstić information content (AvgIpc) is 3.54. The summed E-state index contributed by atoms with van der Waals surface area (Å²) in [4.78, 5) is 31.3. The summed E-state index contributed by atoms with van der Waals surface area (Å²) in [6.45, 7) is 8.22. The van der Waals surface area contributed by atoms with Gasteiger partial charge in [-0.3, -0.25) is 4.79 Å². The number of hydrogen-bond donors (Lipinski definition) is 0. The number of benzene rings is 3. The highest BCUT2D eigenvalue weighted by Gasteiger charge is 2.34. The zero-order valence-electron chi connectivity index (χ0n) is 27.4. The van der Waals surface area contributed by atoms with Crippen molar-refractivity contribution in [1.29, 1.82) is 5.26 Å². The lowest BCUT2D eigenvalue weighted by atomic mass is 10.0. The van der Waals surface area contributed by atoms with Gasteiger partial charge in [0, 0.05) is 54.9 Å². The van der Waals surface area contributed by atoms with Crippen molar-refractivity contribution in [3.8, 4) is 23.6 Å². The van der Waals surface area contributed by atoms with Gasteiger partial charge >= 0.3 is 6.01 Å². The highest BCUT2D eigenvalue weighted by atomic mass is 16.5. The van der Waals surface area contributed by atoms with Crippen molar-refractivity contribution in [3.05, 3.63) is 90.6 Å². The Morgan fingerprint density at radius 1 is 1.00 bits per heavy atom. The number of amides is 1. The van der Waals surface area contributed by atoms with Crippen LogP contribution in [-0.4, -0.2) is 84.1 Å². The lowest BCUT2D eigenvalue weighted by Crippen LogP contribution is -2.55. The predicted octanol–water partition coefficient (Wildman–Crippen LogP) is 5.57. The second-order valence-corrected chi connectivity index (χ2v) is 12.8. The minimum absolute atomic E-state index is 0.148. The van der Waals surface area contributed by atoms with E-state index >= 15 is 0 Å². The number of nitriles is 1. The zero-order valence-corrected chi connectivity index (χ0v) is 27.4. The molecular formula is C38H41N7O3. The Balaban J connectivity index is 1.23. The smallest absolute Gasteiger partial charge is 0.318 e. The van der Waals surface area contributed by atoms with Crippen molar-refractivity contribution in [2.45, 2.75) is 44.3 Å². The molecule has 1 unspecified atom stereocenters. The van der Waals surface area contributed by atoms with Crippen LogP contribution in [0.1, 0.15) is 30.5 Å². The van der Waals surface area contributed by atoms with Crippen LogP contribution < -0.4 is 19.3 Å². The summed E-state index contributed by atoms with van der Waals surface area (Å²) in [7, 11) is 2.14. The number of fused-ring (bicyclic) bond motifs is 2. The number of piperazine rings is 1. The predicted molar refractivity (Wildman–Crippen MR) is 187 cm³/mol. The third-order valence-electron chi connectivity index (χ3n) is 9.80. The maximum atomic E-state index is 12.6. The van der Waals surface area contributed by atoms with Crippen LogP contribution in [0.5, 0.6) is 17.5 Å². The van der Waals surface area contributed by atoms with E-state index in [1.807, 2.05) is 30.3 Å². The van der Waals surface area contributed by atoms with Gasteiger partial charge in [0.2, 0.25) is 5.91 Å². The Bertz CT molecular complexity index is 1840. The first kappa shape index (κ1) is 31.5. The van der Waals surface area contributed by atoms with Crippen molar-refractivity contribution < 1.29 is 14.3 Å². The fraction of sp³-hybridized carbons (Fsp3) is 0.368. The van der Waals surface area contributed by atoms with Gasteiger partial charge in [0.25, 0.3) is 0 Å². The second kappa shape index (κ2) is 13.9. The summed E-state index contributed by atoms with van der Waals surface area (Å²) in [5.74, 6) is 2.27. The molecule has 0 radical (unpaired) electrons. The van der Waals surface area contributed by atoms with Gasteiger partial charge in [-0.05, 0) is 62.5 Å². The number of likely N-dealkylation sites (tertiary alicyclic amines) is 1. The number of aromatic nitrogens is 2. The van der Waals surface area contributed by atoms with Gasteiger partial charge in [-0.1, -0.05) is 49.0 Å². The van der Waals surface area contributed by atoms with E-state index < -0.39 is 0 Å². The Hall–Kier alpha value is -5.14. The quantitative estimate of drug-likeness (QED) is 0.217. The van der Waals surface area contributed by atoms with Crippen LogP contribution in [0.15, 0.2) is 79.4 Å². The molecule has 2 atom stereocenters. The highest BCUT2D eigenvalue weighted by molar-refractivity contribution is 5.96. The number of anilines is 2. The lowest BCUT2D eigenvalue weighted by molar-refractivity contribution is -0.128. The molecule has 1 amide bonds. The van der Waals surface area contributed by atoms with Crippen molar-refractivity contribution in [1.82, 2.24) is 19.8 Å². The van der Waals surface area contributed by atoms with E-state index in [1.54, 1.807) is 4.90 Å². The molecule has 0 aliphatic carbocycles. The van der Waals surface area contributed by atoms with Crippen molar-refractivity contribution in [2.24, 2.45) is 0 Å². The number of rotatable bonds is 9. The molecule has 0 spiro atoms. The molecule has 0 bridgehead atoms. The van der Waals surface area contributed by atoms with Gasteiger partial charge < -0.3 is 29.1 Å². The van der Waals surface area contributed by atoms with Crippen LogP contribution in [-0.2, 0) is 17.8 Å². The first-order valence-electron chi connectivity index (χ1n) is 16.8. The number of carbonyl (C=O) groups excluding carboxylic acids is 1. The van der Waals surface area contributed by atoms with E-state index in [1.165, 1.54) is 6.08 Å². The van der Waals surface area contributed by atoms with Crippen LogP contribution in [0.3, 0.4) is 0 Å². The number of carbonyl (C=O) groups is 1. The van der Waals surface area contributed by atoms with Crippen molar-refractivity contribution in [3.63, 3.8) is 0 Å². The Kier molecular flexibility index (Phi) is 9.12. The van der Waals surface area contributed by atoms with Gasteiger partial charge in [-0.2, -0.15) is 15.2 Å². The molecule has 3 aromatic carbocycles. The molecule has 0 saturated carbocycles. The summed E-state index contributed by atoms with van der Waals surface area (Å²) in [5.41, 5.74) is 3.11. The summed E-state index contributed by atoms with van der Waals surface area (Å²) in [6, 6.07) is 25.2. The molecule has 4 heterocycles. The molecule has 1 aromatic heterocycles. The molecule has 7 rings (SSSR count). The molecule has 10 nitrogen and oxygen atoms in total. The van der Waals surface area contributed by atoms with Crippen LogP contribution >= 0.6 is 0 Å². The zero-order chi connectivity index (χ0) is 33.0. The maximum absolute atomic E-state index is 12.6. The SMILES string of the molecule is C=CC(=O)N1CCN(c2nc(OC[C@@H]3CCCN3C)nc3c2CCN(c2cc(Oc4ccccc4)cc4ccccc24)C3)CC1CC#N. The van der Waals surface area contributed by atoms with Crippen LogP contribution in [0.2, 0.25) is 0 Å². The molecule has 3 aliphatic heterocycles. The Labute approximate surface area is 281 Å². The molecule has 0 N–H and O–H groups in total. The van der Waals surface area contributed by atoms with E-state index in [9.17, 15) is 10.1 Å². The van der Waals surface area contributed by atoms with E-state index in [0.29, 0.717) is 44.8 Å². The molecule has 4 aromatic rings. The standard InChI is InChI=1S/C38H41N7O3/c1-3-36(46)45-21-20-44(24-28(45)15-17-39)37-33-16-19-43(25-34(33)40-38(41-37)47-26-29-11-9-18-42(29)2)35-23-31(48-30-12-5-4-6-13-30)22-27-10-7-8-14-32(27)35/h3-8,10,12-14,22-23,28-29H,1,9,11,15-16,18-21,24-26H2,2H3/t28?,29-/m0/s1. The fourth-order valence-electron chi connectivity index (χ4n) is 7.22. The summed E-state index contributed by atoms with van der Waals surface area (Å²) in [5, 5.41) is 11.9. The van der Waals surface area contributed by atoms with Gasteiger partial charge in [-0.15, -0.1) is 0 Å². The Morgan fingerprint density at radius 3 is 2.62 bits per heavy atom. The number of likely N-dealkylation sites (N-methyl/N-ethyl adjacent to an activating group) is 1. The van der Waals surface area contributed by atoms with Gasteiger partial charge in [-0.25, -0.2) is 0 Å². The van der Waals surface area contributed by atoms with Crippen molar-refractivity contribution in [2.75, 3.05) is 56.2 Å². The molecule has 48 heavy (non-hydrogen) atoms. The van der Waals surface area contributed by atoms with E-state index in [0.717, 1.165) is 77.4 Å². The summed E-state index contributed by atoms with van der Waals surface area (Å²) in [6.07, 6.45) is 4.55. The number of para-hydroxylation sites is 1. The van der Waals surface area contributed by atoms with Gasteiger partial charge in [0.1, 0.15) is 23.9 Å². The first-order chi connectivity index (χ1) is 23.5. The number of nitrogens with zero attached hydrogens (tertiary/aromatic N) is 7. The van der Waals surface area contributed by atoms with Gasteiger partial charge in [0.05, 0.1) is 30.8 Å². The monoisotopic (exact) mass is 643 g/mol. The second-order valence-electron chi connectivity index (χ2n) is 12.8. The Morgan fingerprint density at radius 2 is 1.83 bits per heavy atom. The molecule has 3 aliphatic rings. The highest BCUT2D eigenvalue weighted by Crippen LogP contribution is 2.38. The van der Waals surface area contributed by atoms with E-state index in [4.69, 9.17) is 19.4 Å². The largest absolute Gasteiger partial charge is 0.462 e. The fourth-order valence-corrected chi connectivity index (χ4v) is 7.22. The van der Waals surface area contributed by atoms with Gasteiger partial charge in [0.15, 0.2) is 0 Å². The van der Waals surface area contributed by atoms with Crippen molar-refractivity contribution >= 4 is 28.2 Å². The number of ether oxygens (including phenoxy) is 2. The lowest BCUT2D eigenvalue weighted by Gasteiger charge is -2.42. The van der Waals surface area contributed by atoms with E-state index in [-0.39, 0.29) is 18.4 Å². The first-order valence-corrected chi connectivity index (χ1v) is 16.8. The van der Waals surface area contributed by atoms with E-state index in [2.05, 4.69) is 70.8 Å². The van der Waals surface area contributed by atoms with Crippen LogP contribution in [0, 0.1) is 11.3 Å². The third kappa shape index (κ3) is 6.51. The topological polar surface area (TPSA) is 98.1 Å². The average molecular weight is 644 g/mol. The minimum atomic E-state index is -0.254. The maximum Gasteiger partial charge on any atom is 0.318 e. The molecular weight excluding hydrogens is 602 g/mol. The summed E-state index contributed by atoms with van der Waals surface area (Å²) < 4.78 is 12.7. The molecule has 246 valence electrons. The normalized spacial score (nSPS) is 19.5. The van der Waals surface area contributed by atoms with Crippen LogP contribution in [0.4, 0.5) is 11.5 Å². The summed E-state index contributed by atoms with van der Waals surface area (Å²) >= 11 is 0. The third-order valence-corrected chi connectivity index (χ3v) is 9.80.